The minimum absolute atomic E-state index is 0.256. The van der Waals surface area contributed by atoms with Crippen LogP contribution >= 0.6 is 0 Å². The summed E-state index contributed by atoms with van der Waals surface area (Å²) in [6.07, 6.45) is 1.03. The third-order valence-electron chi connectivity index (χ3n) is 2.47. The molecule has 1 rings (SSSR count). The maximum Gasteiger partial charge on any atom is 0.240 e. The molecule has 0 saturated heterocycles. The van der Waals surface area contributed by atoms with Crippen molar-refractivity contribution in [2.45, 2.75) is 25.2 Å². The lowest BCUT2D eigenvalue weighted by Gasteiger charge is -2.08. The van der Waals surface area contributed by atoms with Gasteiger partial charge in [0.15, 0.2) is 0 Å². The summed E-state index contributed by atoms with van der Waals surface area (Å²) in [6.45, 7) is 6.42. The van der Waals surface area contributed by atoms with Gasteiger partial charge >= 0.3 is 0 Å². The van der Waals surface area contributed by atoms with E-state index in [4.69, 9.17) is 4.74 Å². The summed E-state index contributed by atoms with van der Waals surface area (Å²) in [5.41, 5.74) is 0. The highest BCUT2D eigenvalue weighted by Gasteiger charge is 2.12. The fourth-order valence-electron chi connectivity index (χ4n) is 1.54. The minimum atomic E-state index is -3.42. The quantitative estimate of drug-likeness (QED) is 0.673. The largest absolute Gasteiger partial charge is 0.494 e. The van der Waals surface area contributed by atoms with Gasteiger partial charge in [0.2, 0.25) is 10.0 Å². The molecule has 0 spiro atoms. The van der Waals surface area contributed by atoms with Crippen LogP contribution in [0.2, 0.25) is 0 Å². The van der Waals surface area contributed by atoms with Crippen molar-refractivity contribution in [3.05, 3.63) is 24.3 Å². The first-order chi connectivity index (χ1) is 9.10. The number of hydrogen-bond acceptors (Lipinski definition) is 4. The van der Waals surface area contributed by atoms with Gasteiger partial charge in [0.05, 0.1) is 11.5 Å². The summed E-state index contributed by atoms with van der Waals surface area (Å²) in [7, 11) is -3.42. The van der Waals surface area contributed by atoms with Gasteiger partial charge in [0, 0.05) is 13.1 Å². The van der Waals surface area contributed by atoms with Crippen molar-refractivity contribution < 1.29 is 13.2 Å². The SMILES string of the molecule is CCCNCCNS(=O)(=O)c1ccc(OCC)cc1. The van der Waals surface area contributed by atoms with Crippen LogP contribution in [0.4, 0.5) is 0 Å². The molecule has 0 aliphatic heterocycles. The molecule has 0 atom stereocenters. The molecule has 0 heterocycles. The van der Waals surface area contributed by atoms with Crippen molar-refractivity contribution in [3.63, 3.8) is 0 Å². The Morgan fingerprint density at radius 2 is 1.74 bits per heavy atom. The summed E-state index contributed by atoms with van der Waals surface area (Å²) >= 11 is 0. The smallest absolute Gasteiger partial charge is 0.240 e. The van der Waals surface area contributed by atoms with E-state index in [0.29, 0.717) is 25.4 Å². The molecule has 0 saturated carbocycles. The van der Waals surface area contributed by atoms with Gasteiger partial charge in [-0.25, -0.2) is 13.1 Å². The van der Waals surface area contributed by atoms with Gasteiger partial charge in [0.25, 0.3) is 0 Å². The van der Waals surface area contributed by atoms with E-state index in [9.17, 15) is 8.42 Å². The first-order valence-electron chi connectivity index (χ1n) is 6.53. The highest BCUT2D eigenvalue weighted by molar-refractivity contribution is 7.89. The van der Waals surface area contributed by atoms with E-state index in [1.807, 2.05) is 6.92 Å². The Balaban J connectivity index is 2.52. The molecule has 0 aliphatic rings. The van der Waals surface area contributed by atoms with E-state index in [2.05, 4.69) is 17.0 Å². The summed E-state index contributed by atoms with van der Waals surface area (Å²) in [4.78, 5) is 0.256. The molecule has 0 fully saturated rings. The Morgan fingerprint density at radius 3 is 2.32 bits per heavy atom. The van der Waals surface area contributed by atoms with Crippen LogP contribution in [0.1, 0.15) is 20.3 Å². The number of hydrogen-bond donors (Lipinski definition) is 2. The third-order valence-corrected chi connectivity index (χ3v) is 3.94. The Kier molecular flexibility index (Phi) is 6.83. The van der Waals surface area contributed by atoms with E-state index in [-0.39, 0.29) is 4.90 Å². The van der Waals surface area contributed by atoms with Crippen LogP contribution in [-0.2, 0) is 10.0 Å². The molecule has 0 bridgehead atoms. The average Bonchev–Trinajstić information content (AvgIpc) is 2.39. The molecule has 6 heteroatoms. The van der Waals surface area contributed by atoms with E-state index in [1.165, 1.54) is 0 Å². The first-order valence-corrected chi connectivity index (χ1v) is 8.01. The van der Waals surface area contributed by atoms with Crippen molar-refractivity contribution in [2.24, 2.45) is 0 Å². The highest BCUT2D eigenvalue weighted by atomic mass is 32.2. The van der Waals surface area contributed by atoms with Crippen molar-refractivity contribution >= 4 is 10.0 Å². The van der Waals surface area contributed by atoms with Crippen LogP contribution in [0.15, 0.2) is 29.2 Å². The molecule has 0 aliphatic carbocycles. The fraction of sp³-hybridized carbons (Fsp3) is 0.538. The van der Waals surface area contributed by atoms with Crippen LogP contribution in [0.5, 0.6) is 5.75 Å². The Hall–Kier alpha value is -1.11. The zero-order valence-electron chi connectivity index (χ0n) is 11.5. The maximum absolute atomic E-state index is 12.0. The van der Waals surface area contributed by atoms with Gasteiger partial charge in [-0.15, -0.1) is 0 Å². The van der Waals surface area contributed by atoms with Crippen molar-refractivity contribution in [1.29, 1.82) is 0 Å². The highest BCUT2D eigenvalue weighted by Crippen LogP contribution is 2.15. The topological polar surface area (TPSA) is 67.4 Å². The third kappa shape index (κ3) is 5.59. The number of ether oxygens (including phenoxy) is 1. The van der Waals surface area contributed by atoms with Gasteiger partial charge in [0.1, 0.15) is 5.75 Å². The number of nitrogens with one attached hydrogen (secondary N) is 2. The lowest BCUT2D eigenvalue weighted by atomic mass is 10.3. The van der Waals surface area contributed by atoms with Crippen molar-refractivity contribution in [2.75, 3.05) is 26.2 Å². The molecular formula is C13H22N2O3S. The first kappa shape index (κ1) is 15.9. The predicted molar refractivity (Wildman–Crippen MR) is 76.0 cm³/mol. The monoisotopic (exact) mass is 286 g/mol. The number of benzene rings is 1. The van der Waals surface area contributed by atoms with Crippen LogP contribution < -0.4 is 14.8 Å². The fourth-order valence-corrected chi connectivity index (χ4v) is 2.57. The van der Waals surface area contributed by atoms with Crippen LogP contribution in [0.25, 0.3) is 0 Å². The maximum atomic E-state index is 12.0. The second-order valence-electron chi connectivity index (χ2n) is 4.05. The summed E-state index contributed by atoms with van der Waals surface area (Å²) in [6, 6.07) is 6.42. The predicted octanol–water partition coefficient (Wildman–Crippen LogP) is 1.36. The molecule has 108 valence electrons. The average molecular weight is 286 g/mol. The summed E-state index contributed by atoms with van der Waals surface area (Å²) < 4.78 is 31.7. The molecule has 0 amide bonds. The van der Waals surface area contributed by atoms with Gasteiger partial charge in [-0.2, -0.15) is 0 Å². The molecule has 5 nitrogen and oxygen atoms in total. The number of sulfonamides is 1. The second kappa shape index (κ2) is 8.14. The van der Waals surface area contributed by atoms with Gasteiger partial charge < -0.3 is 10.1 Å². The van der Waals surface area contributed by atoms with E-state index < -0.39 is 10.0 Å². The molecule has 1 aromatic rings. The Bertz CT molecular complexity index is 457. The van der Waals surface area contributed by atoms with Gasteiger partial charge in [-0.05, 0) is 44.2 Å². The molecule has 0 unspecified atom stereocenters. The van der Waals surface area contributed by atoms with Gasteiger partial charge in [-0.1, -0.05) is 6.92 Å². The van der Waals surface area contributed by atoms with E-state index >= 15 is 0 Å². The molecular weight excluding hydrogens is 264 g/mol. The molecule has 2 N–H and O–H groups in total. The summed E-state index contributed by atoms with van der Waals surface area (Å²) in [5.74, 6) is 0.672. The molecule has 0 radical (unpaired) electrons. The normalized spacial score (nSPS) is 11.5. The standard InChI is InChI=1S/C13H22N2O3S/c1-3-9-14-10-11-15-19(16,17)13-7-5-12(6-8-13)18-4-2/h5-8,14-15H,3-4,9-11H2,1-2H3. The molecule has 1 aromatic carbocycles. The zero-order chi connectivity index (χ0) is 14.1. The van der Waals surface area contributed by atoms with Crippen LogP contribution in [0.3, 0.4) is 0 Å². The van der Waals surface area contributed by atoms with Gasteiger partial charge in [-0.3, -0.25) is 0 Å². The Morgan fingerprint density at radius 1 is 1.05 bits per heavy atom. The molecule has 0 aromatic heterocycles. The second-order valence-corrected chi connectivity index (χ2v) is 5.82. The van der Waals surface area contributed by atoms with Crippen molar-refractivity contribution in [1.82, 2.24) is 10.0 Å². The van der Waals surface area contributed by atoms with E-state index in [0.717, 1.165) is 13.0 Å². The van der Waals surface area contributed by atoms with Crippen molar-refractivity contribution in [3.8, 4) is 5.75 Å². The molecule has 19 heavy (non-hydrogen) atoms. The van der Waals surface area contributed by atoms with Crippen LogP contribution in [0, 0.1) is 0 Å². The zero-order valence-corrected chi connectivity index (χ0v) is 12.3. The lowest BCUT2D eigenvalue weighted by molar-refractivity contribution is 0.340. The Labute approximate surface area is 115 Å². The van der Waals surface area contributed by atoms with E-state index in [1.54, 1.807) is 24.3 Å². The number of rotatable bonds is 9. The van der Waals surface area contributed by atoms with Crippen LogP contribution in [-0.4, -0.2) is 34.7 Å². The minimum Gasteiger partial charge on any atom is -0.494 e. The lowest BCUT2D eigenvalue weighted by Crippen LogP contribution is -2.32. The summed E-state index contributed by atoms with van der Waals surface area (Å²) in [5, 5.41) is 3.14.